The zero-order valence-corrected chi connectivity index (χ0v) is 19.3. The zero-order valence-electron chi connectivity index (χ0n) is 18.5. The third-order valence-electron chi connectivity index (χ3n) is 5.93. The lowest BCUT2D eigenvalue weighted by Gasteiger charge is -2.29. The van der Waals surface area contributed by atoms with E-state index in [1.807, 2.05) is 51.1 Å². The number of hydrogen-bond acceptors (Lipinski definition) is 4. The van der Waals surface area contributed by atoms with E-state index >= 15 is 0 Å². The minimum absolute atomic E-state index is 0.0547. The molecule has 0 unspecified atom stereocenters. The number of anilines is 2. The van der Waals surface area contributed by atoms with Gasteiger partial charge in [0.25, 0.3) is 11.8 Å². The van der Waals surface area contributed by atoms with Crippen LogP contribution in [0.15, 0.2) is 35.9 Å². The Morgan fingerprint density at radius 1 is 1.06 bits per heavy atom. The predicted octanol–water partition coefficient (Wildman–Crippen LogP) is 4.27. The summed E-state index contributed by atoms with van der Waals surface area (Å²) in [5.41, 5.74) is 6.20. The van der Waals surface area contributed by atoms with Gasteiger partial charge in [-0.1, -0.05) is 23.8 Å². The fourth-order valence-electron chi connectivity index (χ4n) is 4.62. The first-order valence-electron chi connectivity index (χ1n) is 10.7. The molecule has 0 aromatic heterocycles. The number of urea groups is 1. The van der Waals surface area contributed by atoms with Crippen molar-refractivity contribution >= 4 is 46.9 Å². The lowest BCUT2D eigenvalue weighted by Crippen LogP contribution is -2.54. The monoisotopic (exact) mass is 451 g/mol. The van der Waals surface area contributed by atoms with Crippen LogP contribution < -0.4 is 15.1 Å². The summed E-state index contributed by atoms with van der Waals surface area (Å²) in [7, 11) is 0. The van der Waals surface area contributed by atoms with Crippen LogP contribution in [0.2, 0.25) is 0 Å². The number of carbonyl (C=O) groups excluding carboxylic acids is 3. The van der Waals surface area contributed by atoms with Gasteiger partial charge in [-0.25, -0.2) is 9.69 Å². The number of nitrogens with one attached hydrogen (secondary N) is 1. The summed E-state index contributed by atoms with van der Waals surface area (Å²) in [6.45, 7) is 7.50. The molecule has 4 amide bonds. The Balaban J connectivity index is 1.68. The van der Waals surface area contributed by atoms with Crippen LogP contribution in [0, 0.1) is 20.8 Å². The molecule has 4 rings (SSSR count). The molecule has 2 aliphatic heterocycles. The van der Waals surface area contributed by atoms with Crippen LogP contribution in [0.3, 0.4) is 0 Å². The minimum atomic E-state index is -0.726. The minimum Gasteiger partial charge on any atom is -0.371 e. The van der Waals surface area contributed by atoms with Gasteiger partial charge in [-0.3, -0.25) is 14.9 Å². The van der Waals surface area contributed by atoms with Gasteiger partial charge in [-0.2, -0.15) is 0 Å². The van der Waals surface area contributed by atoms with E-state index in [1.54, 1.807) is 6.08 Å². The molecule has 7 heteroatoms. The molecule has 166 valence electrons. The Morgan fingerprint density at radius 2 is 1.78 bits per heavy atom. The van der Waals surface area contributed by atoms with Crippen molar-refractivity contribution in [2.45, 2.75) is 33.6 Å². The lowest BCUT2D eigenvalue weighted by atomic mass is 10.0. The largest absolute Gasteiger partial charge is 0.371 e. The van der Waals surface area contributed by atoms with Crippen molar-refractivity contribution in [2.24, 2.45) is 0 Å². The van der Waals surface area contributed by atoms with E-state index in [1.165, 1.54) is 11.3 Å². The summed E-state index contributed by atoms with van der Waals surface area (Å²) in [6.07, 6.45) is 3.39. The summed E-state index contributed by atoms with van der Waals surface area (Å²) in [4.78, 5) is 41.8. The summed E-state index contributed by atoms with van der Waals surface area (Å²) in [5, 5.41) is 2.32. The SMILES string of the molecule is Cc1cc(C)c(N2C(=O)NC(=O)/C(=C\c3ccc4c(c3)CCN4CCCCl)C2=O)c(C)c1. The molecular weight excluding hydrogens is 426 g/mol. The number of rotatable bonds is 5. The normalized spacial score (nSPS) is 17.2. The number of benzene rings is 2. The van der Waals surface area contributed by atoms with Crippen LogP contribution >= 0.6 is 11.6 Å². The quantitative estimate of drug-likeness (QED) is 0.418. The number of barbiturate groups is 1. The molecular formula is C25H26ClN3O3. The highest BCUT2D eigenvalue weighted by atomic mass is 35.5. The van der Waals surface area contributed by atoms with Crippen molar-refractivity contribution in [3.63, 3.8) is 0 Å². The Bertz CT molecular complexity index is 1130. The van der Waals surface area contributed by atoms with Crippen LogP contribution in [0.1, 0.15) is 34.2 Å². The molecule has 0 saturated carbocycles. The molecule has 0 spiro atoms. The number of hydrogen-bond donors (Lipinski definition) is 1. The summed E-state index contributed by atoms with van der Waals surface area (Å²) in [6, 6.07) is 9.03. The van der Waals surface area contributed by atoms with Crippen molar-refractivity contribution in [1.82, 2.24) is 5.32 Å². The van der Waals surface area contributed by atoms with Crippen LogP contribution in [0.25, 0.3) is 6.08 Å². The van der Waals surface area contributed by atoms with Crippen LogP contribution in [-0.2, 0) is 16.0 Å². The average molecular weight is 452 g/mol. The maximum absolute atomic E-state index is 13.3. The molecule has 1 fully saturated rings. The number of imide groups is 2. The van der Waals surface area contributed by atoms with Gasteiger partial charge in [0, 0.05) is 24.7 Å². The van der Waals surface area contributed by atoms with Gasteiger partial charge in [0.2, 0.25) is 0 Å². The highest BCUT2D eigenvalue weighted by Crippen LogP contribution is 2.32. The first-order valence-corrected chi connectivity index (χ1v) is 11.3. The molecule has 0 radical (unpaired) electrons. The summed E-state index contributed by atoms with van der Waals surface area (Å²) in [5.74, 6) is -0.663. The molecule has 1 N–H and O–H groups in total. The van der Waals surface area contributed by atoms with E-state index in [-0.39, 0.29) is 5.57 Å². The second-order valence-corrected chi connectivity index (χ2v) is 8.75. The van der Waals surface area contributed by atoms with Crippen molar-refractivity contribution in [3.8, 4) is 0 Å². The van der Waals surface area contributed by atoms with Gasteiger partial charge in [0.05, 0.1) is 5.69 Å². The molecule has 0 bridgehead atoms. The number of fused-ring (bicyclic) bond motifs is 1. The molecule has 32 heavy (non-hydrogen) atoms. The van der Waals surface area contributed by atoms with Crippen molar-refractivity contribution in [3.05, 3.63) is 63.7 Å². The van der Waals surface area contributed by atoms with Crippen molar-refractivity contribution < 1.29 is 14.4 Å². The third-order valence-corrected chi connectivity index (χ3v) is 6.20. The number of amides is 4. The molecule has 0 atom stereocenters. The Kier molecular flexibility index (Phi) is 6.07. The summed E-state index contributed by atoms with van der Waals surface area (Å²) >= 11 is 5.83. The van der Waals surface area contributed by atoms with E-state index < -0.39 is 17.8 Å². The highest BCUT2D eigenvalue weighted by molar-refractivity contribution is 6.39. The number of alkyl halides is 1. The predicted molar refractivity (Wildman–Crippen MR) is 127 cm³/mol. The van der Waals surface area contributed by atoms with E-state index in [0.717, 1.165) is 53.1 Å². The molecule has 6 nitrogen and oxygen atoms in total. The van der Waals surface area contributed by atoms with E-state index in [2.05, 4.69) is 10.2 Å². The van der Waals surface area contributed by atoms with E-state index in [0.29, 0.717) is 11.6 Å². The molecule has 2 aromatic carbocycles. The maximum Gasteiger partial charge on any atom is 0.335 e. The van der Waals surface area contributed by atoms with Crippen molar-refractivity contribution in [1.29, 1.82) is 0 Å². The zero-order chi connectivity index (χ0) is 23.0. The van der Waals surface area contributed by atoms with Crippen LogP contribution in [-0.4, -0.2) is 36.8 Å². The fraction of sp³-hybridized carbons (Fsp3) is 0.320. The van der Waals surface area contributed by atoms with Gasteiger partial charge in [-0.15, -0.1) is 11.6 Å². The fourth-order valence-corrected chi connectivity index (χ4v) is 4.73. The number of aryl methyl sites for hydroxylation is 3. The topological polar surface area (TPSA) is 69.7 Å². The Hall–Kier alpha value is -3.12. The van der Waals surface area contributed by atoms with Gasteiger partial charge < -0.3 is 4.90 Å². The van der Waals surface area contributed by atoms with Crippen LogP contribution in [0.5, 0.6) is 0 Å². The average Bonchev–Trinajstić information content (AvgIpc) is 3.13. The van der Waals surface area contributed by atoms with Gasteiger partial charge in [0.15, 0.2) is 0 Å². The molecule has 0 aliphatic carbocycles. The standard InChI is InChI=1S/C25H26ClN3O3/c1-15-11-16(2)22(17(3)12-15)29-24(31)20(23(30)27-25(29)32)14-18-5-6-21-19(13-18)7-10-28(21)9-4-8-26/h5-6,11-14H,4,7-10H2,1-3H3,(H,27,30,32)/b20-14+. The number of halogens is 1. The third kappa shape index (κ3) is 4.02. The smallest absolute Gasteiger partial charge is 0.335 e. The lowest BCUT2D eigenvalue weighted by molar-refractivity contribution is -0.122. The second-order valence-electron chi connectivity index (χ2n) is 8.37. The van der Waals surface area contributed by atoms with E-state index in [4.69, 9.17) is 11.6 Å². The summed E-state index contributed by atoms with van der Waals surface area (Å²) < 4.78 is 0. The van der Waals surface area contributed by atoms with Gasteiger partial charge in [0.1, 0.15) is 5.57 Å². The number of carbonyl (C=O) groups is 3. The molecule has 1 saturated heterocycles. The molecule has 2 aliphatic rings. The Labute approximate surface area is 192 Å². The van der Waals surface area contributed by atoms with Gasteiger partial charge >= 0.3 is 6.03 Å². The van der Waals surface area contributed by atoms with E-state index in [9.17, 15) is 14.4 Å². The number of nitrogens with zero attached hydrogens (tertiary/aromatic N) is 2. The Morgan fingerprint density at radius 3 is 2.47 bits per heavy atom. The molecule has 2 heterocycles. The first-order chi connectivity index (χ1) is 15.3. The maximum atomic E-state index is 13.3. The van der Waals surface area contributed by atoms with Crippen LogP contribution in [0.4, 0.5) is 16.2 Å². The van der Waals surface area contributed by atoms with Crippen molar-refractivity contribution in [2.75, 3.05) is 28.8 Å². The second kappa shape index (κ2) is 8.79. The first kappa shape index (κ1) is 22.1. The molecule has 2 aromatic rings. The highest BCUT2D eigenvalue weighted by Gasteiger charge is 2.38. The van der Waals surface area contributed by atoms with Gasteiger partial charge in [-0.05, 0) is 74.1 Å².